The monoisotopic (exact) mass is 431 g/mol. The normalized spacial score (nSPS) is 10.5. The standard InChI is InChI=1S/C17H16BrClFNO2S/c1-22-8-7-21-17(24)11-5-6-16(13(18)9-11)23-10-12-14(19)3-2-4-15(12)20/h2-6,9H,7-8,10H2,1H3,(H,21,24). The van der Waals surface area contributed by atoms with Crippen molar-refractivity contribution in [2.45, 2.75) is 6.61 Å². The van der Waals surface area contributed by atoms with E-state index in [1.807, 2.05) is 12.1 Å². The van der Waals surface area contributed by atoms with E-state index in [0.29, 0.717) is 34.5 Å². The third kappa shape index (κ3) is 5.14. The lowest BCUT2D eigenvalue weighted by atomic mass is 10.2. The Morgan fingerprint density at radius 2 is 2.12 bits per heavy atom. The average Bonchev–Trinajstić information content (AvgIpc) is 2.55. The zero-order chi connectivity index (χ0) is 17.5. The van der Waals surface area contributed by atoms with Crippen LogP contribution in [0.2, 0.25) is 5.02 Å². The molecule has 0 aliphatic rings. The molecule has 128 valence electrons. The van der Waals surface area contributed by atoms with Crippen LogP contribution in [0.5, 0.6) is 5.75 Å². The fourth-order valence-corrected chi connectivity index (χ4v) is 2.89. The third-order valence-electron chi connectivity index (χ3n) is 3.22. The van der Waals surface area contributed by atoms with Gasteiger partial charge in [-0.05, 0) is 46.3 Å². The largest absolute Gasteiger partial charge is 0.488 e. The molecule has 2 aromatic carbocycles. The topological polar surface area (TPSA) is 30.5 Å². The highest BCUT2D eigenvalue weighted by molar-refractivity contribution is 9.10. The minimum Gasteiger partial charge on any atom is -0.488 e. The van der Waals surface area contributed by atoms with Gasteiger partial charge in [0.15, 0.2) is 0 Å². The molecule has 0 saturated carbocycles. The van der Waals surface area contributed by atoms with Crippen LogP contribution in [0, 0.1) is 5.82 Å². The summed E-state index contributed by atoms with van der Waals surface area (Å²) in [5, 5.41) is 3.44. The van der Waals surface area contributed by atoms with E-state index >= 15 is 0 Å². The summed E-state index contributed by atoms with van der Waals surface area (Å²) >= 11 is 14.8. The SMILES string of the molecule is COCCNC(=S)c1ccc(OCc2c(F)cccc2Cl)c(Br)c1. The summed E-state index contributed by atoms with van der Waals surface area (Å²) in [7, 11) is 1.63. The first-order chi connectivity index (χ1) is 11.5. The fraction of sp³-hybridized carbons (Fsp3) is 0.235. The Kier molecular flexibility index (Phi) is 7.42. The van der Waals surface area contributed by atoms with Gasteiger partial charge >= 0.3 is 0 Å². The molecule has 0 spiro atoms. The number of hydrogen-bond donors (Lipinski definition) is 1. The zero-order valence-corrected chi connectivity index (χ0v) is 16.1. The van der Waals surface area contributed by atoms with Crippen molar-refractivity contribution in [1.29, 1.82) is 0 Å². The molecule has 0 aromatic heterocycles. The lowest BCUT2D eigenvalue weighted by Gasteiger charge is -2.12. The molecule has 0 saturated heterocycles. The molecule has 3 nitrogen and oxygen atoms in total. The van der Waals surface area contributed by atoms with E-state index < -0.39 is 5.82 Å². The highest BCUT2D eigenvalue weighted by Crippen LogP contribution is 2.28. The average molecular weight is 433 g/mol. The Morgan fingerprint density at radius 1 is 1.33 bits per heavy atom. The lowest BCUT2D eigenvalue weighted by Crippen LogP contribution is -2.25. The Balaban J connectivity index is 2.03. The summed E-state index contributed by atoms with van der Waals surface area (Å²) in [4.78, 5) is 0.622. The number of rotatable bonds is 7. The highest BCUT2D eigenvalue weighted by atomic mass is 79.9. The first-order valence-corrected chi connectivity index (χ1v) is 8.73. The van der Waals surface area contributed by atoms with Crippen LogP contribution in [0.3, 0.4) is 0 Å². The summed E-state index contributed by atoms with van der Waals surface area (Å²) in [5.41, 5.74) is 1.18. The molecule has 24 heavy (non-hydrogen) atoms. The zero-order valence-electron chi connectivity index (χ0n) is 12.9. The van der Waals surface area contributed by atoms with E-state index in [1.54, 1.807) is 25.3 Å². The van der Waals surface area contributed by atoms with Crippen molar-refractivity contribution in [3.63, 3.8) is 0 Å². The quantitative estimate of drug-likeness (QED) is 0.506. The van der Waals surface area contributed by atoms with Crippen LogP contribution in [-0.4, -0.2) is 25.2 Å². The second-order valence-corrected chi connectivity index (χ2v) is 6.55. The summed E-state index contributed by atoms with van der Waals surface area (Å²) in [6, 6.07) is 10.0. The van der Waals surface area contributed by atoms with Crippen molar-refractivity contribution in [2.24, 2.45) is 0 Å². The maximum atomic E-state index is 13.8. The van der Waals surface area contributed by atoms with Gasteiger partial charge in [0.2, 0.25) is 0 Å². The van der Waals surface area contributed by atoms with Crippen LogP contribution in [0.1, 0.15) is 11.1 Å². The van der Waals surface area contributed by atoms with Gasteiger partial charge < -0.3 is 14.8 Å². The molecule has 0 aliphatic carbocycles. The summed E-state index contributed by atoms with van der Waals surface area (Å²) in [6.45, 7) is 1.25. The van der Waals surface area contributed by atoms with Crippen molar-refractivity contribution >= 4 is 44.7 Å². The van der Waals surface area contributed by atoms with Crippen LogP contribution in [0.15, 0.2) is 40.9 Å². The summed E-state index contributed by atoms with van der Waals surface area (Å²) in [5.74, 6) is 0.191. The van der Waals surface area contributed by atoms with Crippen LogP contribution in [-0.2, 0) is 11.3 Å². The van der Waals surface area contributed by atoms with Crippen molar-refractivity contribution in [3.05, 3.63) is 62.8 Å². The Morgan fingerprint density at radius 3 is 2.79 bits per heavy atom. The predicted octanol–water partition coefficient (Wildman–Crippen LogP) is 4.73. The van der Waals surface area contributed by atoms with E-state index in [0.717, 1.165) is 10.0 Å². The second kappa shape index (κ2) is 9.32. The number of hydrogen-bond acceptors (Lipinski definition) is 3. The summed E-state index contributed by atoms with van der Waals surface area (Å²) in [6.07, 6.45) is 0. The van der Waals surface area contributed by atoms with Crippen molar-refractivity contribution in [1.82, 2.24) is 5.32 Å². The van der Waals surface area contributed by atoms with Gasteiger partial charge in [0.1, 0.15) is 23.2 Å². The Bertz CT molecular complexity index is 709. The fourth-order valence-electron chi connectivity index (χ4n) is 1.95. The van der Waals surface area contributed by atoms with Gasteiger partial charge in [0.25, 0.3) is 0 Å². The molecule has 0 bridgehead atoms. The molecule has 0 heterocycles. The van der Waals surface area contributed by atoms with Gasteiger partial charge in [-0.25, -0.2) is 4.39 Å². The summed E-state index contributed by atoms with van der Waals surface area (Å²) < 4.78 is 25.1. The van der Waals surface area contributed by atoms with Crippen molar-refractivity contribution in [2.75, 3.05) is 20.3 Å². The third-order valence-corrected chi connectivity index (χ3v) is 4.57. The predicted molar refractivity (Wildman–Crippen MR) is 101 cm³/mol. The minimum atomic E-state index is -0.390. The molecule has 7 heteroatoms. The van der Waals surface area contributed by atoms with Crippen molar-refractivity contribution < 1.29 is 13.9 Å². The molecule has 0 fully saturated rings. The smallest absolute Gasteiger partial charge is 0.134 e. The van der Waals surface area contributed by atoms with Crippen LogP contribution in [0.4, 0.5) is 4.39 Å². The minimum absolute atomic E-state index is 0.0417. The lowest BCUT2D eigenvalue weighted by molar-refractivity contribution is 0.204. The van der Waals surface area contributed by atoms with Crippen LogP contribution >= 0.6 is 39.7 Å². The first-order valence-electron chi connectivity index (χ1n) is 7.15. The van der Waals surface area contributed by atoms with E-state index in [-0.39, 0.29) is 6.61 Å². The van der Waals surface area contributed by atoms with Gasteiger partial charge in [0, 0.05) is 24.8 Å². The number of halogens is 3. The van der Waals surface area contributed by atoms with E-state index in [2.05, 4.69) is 21.2 Å². The van der Waals surface area contributed by atoms with E-state index in [9.17, 15) is 4.39 Å². The molecule has 0 aliphatic heterocycles. The molecule has 2 aromatic rings. The molecule has 1 N–H and O–H groups in total. The van der Waals surface area contributed by atoms with E-state index in [1.165, 1.54) is 6.07 Å². The van der Waals surface area contributed by atoms with Gasteiger partial charge in [-0.15, -0.1) is 0 Å². The number of methoxy groups -OCH3 is 1. The van der Waals surface area contributed by atoms with Crippen LogP contribution < -0.4 is 10.1 Å². The highest BCUT2D eigenvalue weighted by Gasteiger charge is 2.10. The Hall–Kier alpha value is -1.21. The first kappa shape index (κ1) is 19.1. The maximum absolute atomic E-state index is 13.8. The second-order valence-electron chi connectivity index (χ2n) is 4.88. The molecule has 0 unspecified atom stereocenters. The molecule has 0 atom stereocenters. The van der Waals surface area contributed by atoms with Crippen LogP contribution in [0.25, 0.3) is 0 Å². The molecule has 0 radical (unpaired) electrons. The molecule has 0 amide bonds. The molecule has 2 rings (SSSR count). The van der Waals surface area contributed by atoms with Gasteiger partial charge in [-0.2, -0.15) is 0 Å². The number of thiocarbonyl (C=S) groups is 1. The molecular formula is C17H16BrClFNO2S. The number of ether oxygens (including phenoxy) is 2. The van der Waals surface area contributed by atoms with E-state index in [4.69, 9.17) is 33.3 Å². The maximum Gasteiger partial charge on any atom is 0.134 e. The molecular weight excluding hydrogens is 417 g/mol. The Labute approximate surface area is 159 Å². The van der Waals surface area contributed by atoms with Crippen molar-refractivity contribution in [3.8, 4) is 5.75 Å². The van der Waals surface area contributed by atoms with Gasteiger partial charge in [0.05, 0.1) is 16.1 Å². The van der Waals surface area contributed by atoms with Gasteiger partial charge in [-0.1, -0.05) is 29.9 Å². The van der Waals surface area contributed by atoms with Gasteiger partial charge in [-0.3, -0.25) is 0 Å². The number of benzene rings is 2. The number of nitrogens with one attached hydrogen (secondary N) is 1.